The molecule has 0 aliphatic carbocycles. The van der Waals surface area contributed by atoms with E-state index in [1.807, 2.05) is 42.5 Å². The number of carbonyl (C=O) groups is 1. The smallest absolute Gasteiger partial charge is 0.257 e. The average Bonchev–Trinajstić information content (AvgIpc) is 2.69. The number of anilines is 2. The highest BCUT2D eigenvalue weighted by molar-refractivity contribution is 7.98. The van der Waals surface area contributed by atoms with Gasteiger partial charge in [0.25, 0.3) is 5.91 Å². The number of carbonyl (C=O) groups excluding carboxylic acids is 1. The molecular weight excluding hydrogens is 346 g/mol. The van der Waals surface area contributed by atoms with Crippen molar-refractivity contribution in [2.75, 3.05) is 18.2 Å². The van der Waals surface area contributed by atoms with Gasteiger partial charge in [0.1, 0.15) is 5.75 Å². The van der Waals surface area contributed by atoms with Gasteiger partial charge in [-0.2, -0.15) is 0 Å². The first kappa shape index (κ1) is 17.8. The number of nitrogens with one attached hydrogen (secondary N) is 1. The first-order valence-electron chi connectivity index (χ1n) is 8.03. The summed E-state index contributed by atoms with van der Waals surface area (Å²) in [5.41, 5.74) is 8.63. The van der Waals surface area contributed by atoms with Gasteiger partial charge in [-0.15, -0.1) is 11.8 Å². The van der Waals surface area contributed by atoms with Crippen molar-refractivity contribution >= 4 is 29.0 Å². The van der Waals surface area contributed by atoms with E-state index in [-0.39, 0.29) is 5.91 Å². The van der Waals surface area contributed by atoms with Gasteiger partial charge in [0, 0.05) is 11.9 Å². The molecule has 6 heteroatoms. The second-order valence-electron chi connectivity index (χ2n) is 5.56. The van der Waals surface area contributed by atoms with Crippen LogP contribution in [-0.4, -0.2) is 18.0 Å². The predicted octanol–water partition coefficient (Wildman–Crippen LogP) is 4.22. The SMILES string of the molecule is COc1ccc(CSc2ccc(C(=O)Nc3ccccc3N)cn2)cc1. The van der Waals surface area contributed by atoms with Gasteiger partial charge in [-0.3, -0.25) is 4.79 Å². The maximum atomic E-state index is 12.3. The molecule has 3 aromatic rings. The molecule has 1 heterocycles. The second kappa shape index (κ2) is 8.40. The highest BCUT2D eigenvalue weighted by atomic mass is 32.2. The van der Waals surface area contributed by atoms with Crippen molar-refractivity contribution in [1.82, 2.24) is 4.98 Å². The third kappa shape index (κ3) is 4.55. The summed E-state index contributed by atoms with van der Waals surface area (Å²) in [4.78, 5) is 16.7. The lowest BCUT2D eigenvalue weighted by Gasteiger charge is -2.08. The summed E-state index contributed by atoms with van der Waals surface area (Å²) < 4.78 is 5.15. The van der Waals surface area contributed by atoms with E-state index < -0.39 is 0 Å². The number of pyridine rings is 1. The van der Waals surface area contributed by atoms with Crippen LogP contribution in [0.15, 0.2) is 71.9 Å². The number of benzene rings is 2. The van der Waals surface area contributed by atoms with Crippen LogP contribution in [0.25, 0.3) is 0 Å². The Balaban J connectivity index is 1.59. The molecule has 0 radical (unpaired) electrons. The number of methoxy groups -OCH3 is 1. The van der Waals surface area contributed by atoms with Crippen molar-refractivity contribution in [2.24, 2.45) is 0 Å². The van der Waals surface area contributed by atoms with E-state index in [0.717, 1.165) is 16.5 Å². The van der Waals surface area contributed by atoms with Crippen LogP contribution in [-0.2, 0) is 5.75 Å². The minimum atomic E-state index is -0.234. The summed E-state index contributed by atoms with van der Waals surface area (Å²) >= 11 is 1.61. The largest absolute Gasteiger partial charge is 0.497 e. The first-order chi connectivity index (χ1) is 12.7. The van der Waals surface area contributed by atoms with Gasteiger partial charge in [0.2, 0.25) is 0 Å². The Hall–Kier alpha value is -2.99. The van der Waals surface area contributed by atoms with E-state index in [1.165, 1.54) is 5.56 Å². The number of para-hydroxylation sites is 2. The zero-order chi connectivity index (χ0) is 18.4. The number of nitrogen functional groups attached to an aromatic ring is 1. The van der Waals surface area contributed by atoms with E-state index in [9.17, 15) is 4.79 Å². The first-order valence-corrected chi connectivity index (χ1v) is 9.02. The number of hydrogen-bond acceptors (Lipinski definition) is 5. The molecule has 0 fully saturated rings. The Morgan fingerprint density at radius 3 is 2.54 bits per heavy atom. The third-order valence-electron chi connectivity index (χ3n) is 3.75. The Morgan fingerprint density at radius 2 is 1.88 bits per heavy atom. The summed E-state index contributed by atoms with van der Waals surface area (Å²) in [6.45, 7) is 0. The summed E-state index contributed by atoms with van der Waals surface area (Å²) in [7, 11) is 1.65. The summed E-state index contributed by atoms with van der Waals surface area (Å²) in [5, 5.41) is 3.65. The highest BCUT2D eigenvalue weighted by Crippen LogP contribution is 2.23. The van der Waals surface area contributed by atoms with Crippen LogP contribution in [0.3, 0.4) is 0 Å². The van der Waals surface area contributed by atoms with Gasteiger partial charge < -0.3 is 15.8 Å². The standard InChI is InChI=1S/C20H19N3O2S/c1-25-16-9-6-14(7-10-16)13-26-19-11-8-15(12-22-19)20(24)23-18-5-3-2-4-17(18)21/h2-12H,13,21H2,1H3,(H,23,24). The topological polar surface area (TPSA) is 77.2 Å². The Kier molecular flexibility index (Phi) is 5.76. The fourth-order valence-corrected chi connectivity index (χ4v) is 3.08. The van der Waals surface area contributed by atoms with Crippen molar-refractivity contribution in [2.45, 2.75) is 10.8 Å². The van der Waals surface area contributed by atoms with Crippen molar-refractivity contribution in [3.05, 3.63) is 78.0 Å². The highest BCUT2D eigenvalue weighted by Gasteiger charge is 2.08. The zero-order valence-corrected chi connectivity index (χ0v) is 15.1. The molecule has 0 aliphatic rings. The van der Waals surface area contributed by atoms with Crippen LogP contribution in [0.2, 0.25) is 0 Å². The molecular formula is C20H19N3O2S. The van der Waals surface area contributed by atoms with Gasteiger partial charge in [0.15, 0.2) is 0 Å². The molecule has 132 valence electrons. The Morgan fingerprint density at radius 1 is 1.12 bits per heavy atom. The fraction of sp³-hybridized carbons (Fsp3) is 0.100. The molecule has 26 heavy (non-hydrogen) atoms. The van der Waals surface area contributed by atoms with E-state index in [1.54, 1.807) is 43.3 Å². The van der Waals surface area contributed by atoms with Crippen LogP contribution in [0, 0.1) is 0 Å². The van der Waals surface area contributed by atoms with Crippen molar-refractivity contribution in [3.63, 3.8) is 0 Å². The maximum absolute atomic E-state index is 12.3. The molecule has 1 aromatic heterocycles. The molecule has 2 aromatic carbocycles. The van der Waals surface area contributed by atoms with Crippen LogP contribution < -0.4 is 15.8 Å². The summed E-state index contributed by atoms with van der Waals surface area (Å²) in [6, 6.07) is 18.7. The molecule has 0 spiro atoms. The van der Waals surface area contributed by atoms with Crippen molar-refractivity contribution in [3.8, 4) is 5.75 Å². The zero-order valence-electron chi connectivity index (χ0n) is 14.3. The maximum Gasteiger partial charge on any atom is 0.257 e. The molecule has 3 rings (SSSR count). The monoisotopic (exact) mass is 365 g/mol. The quantitative estimate of drug-likeness (QED) is 0.505. The van der Waals surface area contributed by atoms with E-state index in [4.69, 9.17) is 10.5 Å². The van der Waals surface area contributed by atoms with Crippen LogP contribution in [0.1, 0.15) is 15.9 Å². The number of hydrogen-bond donors (Lipinski definition) is 2. The van der Waals surface area contributed by atoms with Gasteiger partial charge in [0.05, 0.1) is 29.1 Å². The van der Waals surface area contributed by atoms with Crippen LogP contribution in [0.5, 0.6) is 5.75 Å². The number of aromatic nitrogens is 1. The predicted molar refractivity (Wildman–Crippen MR) is 106 cm³/mol. The minimum absolute atomic E-state index is 0.234. The number of nitrogens with two attached hydrogens (primary N) is 1. The lowest BCUT2D eigenvalue weighted by atomic mass is 10.2. The van der Waals surface area contributed by atoms with Gasteiger partial charge in [-0.05, 0) is 42.0 Å². The molecule has 0 aliphatic heterocycles. The molecule has 1 amide bonds. The van der Waals surface area contributed by atoms with Gasteiger partial charge in [-0.1, -0.05) is 24.3 Å². The van der Waals surface area contributed by atoms with Gasteiger partial charge in [-0.25, -0.2) is 4.98 Å². The second-order valence-corrected chi connectivity index (χ2v) is 6.56. The third-order valence-corrected chi connectivity index (χ3v) is 4.77. The molecule has 0 saturated carbocycles. The number of ether oxygens (including phenoxy) is 1. The van der Waals surface area contributed by atoms with E-state index in [2.05, 4.69) is 10.3 Å². The number of thioether (sulfide) groups is 1. The van der Waals surface area contributed by atoms with Crippen molar-refractivity contribution in [1.29, 1.82) is 0 Å². The van der Waals surface area contributed by atoms with E-state index in [0.29, 0.717) is 16.9 Å². The molecule has 3 N–H and O–H groups in total. The lowest BCUT2D eigenvalue weighted by Crippen LogP contribution is -2.13. The molecule has 0 atom stereocenters. The molecule has 0 bridgehead atoms. The van der Waals surface area contributed by atoms with Crippen LogP contribution >= 0.6 is 11.8 Å². The molecule has 0 saturated heterocycles. The minimum Gasteiger partial charge on any atom is -0.497 e. The molecule has 5 nitrogen and oxygen atoms in total. The number of rotatable bonds is 6. The normalized spacial score (nSPS) is 10.3. The Labute approximate surface area is 156 Å². The number of amides is 1. The molecule has 0 unspecified atom stereocenters. The Bertz CT molecular complexity index is 880. The van der Waals surface area contributed by atoms with Crippen molar-refractivity contribution < 1.29 is 9.53 Å². The fourth-order valence-electron chi connectivity index (χ4n) is 2.28. The average molecular weight is 365 g/mol. The number of nitrogens with zero attached hydrogens (tertiary/aromatic N) is 1. The van der Waals surface area contributed by atoms with E-state index >= 15 is 0 Å². The van der Waals surface area contributed by atoms with Crippen LogP contribution in [0.4, 0.5) is 11.4 Å². The van der Waals surface area contributed by atoms with Gasteiger partial charge >= 0.3 is 0 Å². The summed E-state index contributed by atoms with van der Waals surface area (Å²) in [6.07, 6.45) is 1.57. The lowest BCUT2D eigenvalue weighted by molar-refractivity contribution is 0.102. The summed E-state index contributed by atoms with van der Waals surface area (Å²) in [5.74, 6) is 1.40.